The molecule has 0 unspecified atom stereocenters. The molecule has 0 atom stereocenters. The molecule has 0 fully saturated rings. The Balaban J connectivity index is 2.67. The molecular formula is C15H16O5S2. The van der Waals surface area contributed by atoms with E-state index in [1.54, 1.807) is 13.0 Å². The van der Waals surface area contributed by atoms with E-state index in [-0.39, 0.29) is 15.4 Å². The summed E-state index contributed by atoms with van der Waals surface area (Å²) in [5.74, 6) is 0. The molecular weight excluding hydrogens is 324 g/mol. The molecule has 2 rings (SSSR count). The largest absolute Gasteiger partial charge is 0.294 e. The van der Waals surface area contributed by atoms with Crippen molar-refractivity contribution in [2.45, 2.75) is 35.5 Å². The van der Waals surface area contributed by atoms with Gasteiger partial charge in [0, 0.05) is 0 Å². The van der Waals surface area contributed by atoms with Gasteiger partial charge in [0.05, 0.1) is 14.7 Å². The maximum Gasteiger partial charge on any atom is 0.294 e. The number of aryl methyl sites for hydroxylation is 3. The third-order valence-corrected chi connectivity index (χ3v) is 6.28. The van der Waals surface area contributed by atoms with Crippen molar-refractivity contribution in [3.8, 4) is 0 Å². The maximum absolute atomic E-state index is 12.6. The lowest BCUT2D eigenvalue weighted by Gasteiger charge is -2.09. The molecule has 2 aromatic rings. The monoisotopic (exact) mass is 340 g/mol. The first-order valence-corrected chi connectivity index (χ1v) is 9.36. The Bertz CT molecular complexity index is 942. The highest BCUT2D eigenvalue weighted by Gasteiger charge is 2.22. The Morgan fingerprint density at radius 2 is 1.23 bits per heavy atom. The van der Waals surface area contributed by atoms with Crippen LogP contribution >= 0.6 is 0 Å². The van der Waals surface area contributed by atoms with E-state index in [9.17, 15) is 21.4 Å². The van der Waals surface area contributed by atoms with Gasteiger partial charge >= 0.3 is 0 Å². The van der Waals surface area contributed by atoms with Crippen molar-refractivity contribution in [2.24, 2.45) is 0 Å². The molecule has 0 aliphatic carbocycles. The molecule has 0 aromatic heterocycles. The summed E-state index contributed by atoms with van der Waals surface area (Å²) in [6, 6.07) is 8.38. The van der Waals surface area contributed by atoms with Crippen LogP contribution in [-0.4, -0.2) is 21.4 Å². The molecule has 2 aromatic carbocycles. The number of rotatable bonds is 3. The highest BCUT2D eigenvalue weighted by Crippen LogP contribution is 2.26. The molecule has 1 N–H and O–H groups in total. The summed E-state index contributed by atoms with van der Waals surface area (Å²) < 4.78 is 57.1. The van der Waals surface area contributed by atoms with Crippen LogP contribution in [0.15, 0.2) is 51.1 Å². The first kappa shape index (κ1) is 16.7. The molecule has 0 radical (unpaired) electrons. The predicted molar refractivity (Wildman–Crippen MR) is 82.4 cm³/mol. The molecule has 5 nitrogen and oxygen atoms in total. The molecule has 0 spiro atoms. The highest BCUT2D eigenvalue weighted by atomic mass is 32.2. The average Bonchev–Trinajstić information content (AvgIpc) is 2.40. The van der Waals surface area contributed by atoms with Crippen molar-refractivity contribution >= 4 is 20.0 Å². The van der Waals surface area contributed by atoms with E-state index in [0.29, 0.717) is 0 Å². The van der Waals surface area contributed by atoms with E-state index in [2.05, 4.69) is 0 Å². The SMILES string of the molecule is Cc1ccc(S(=O)(=O)c2ccc(C)c(S(=O)(=O)O)c2)cc1C. The summed E-state index contributed by atoms with van der Waals surface area (Å²) in [5.41, 5.74) is 2.06. The Hall–Kier alpha value is -1.70. The summed E-state index contributed by atoms with van der Waals surface area (Å²) in [7, 11) is -8.33. The molecule has 7 heteroatoms. The van der Waals surface area contributed by atoms with E-state index >= 15 is 0 Å². The minimum atomic E-state index is -4.48. The molecule has 0 bridgehead atoms. The molecule has 0 saturated heterocycles. The third kappa shape index (κ3) is 3.06. The van der Waals surface area contributed by atoms with Crippen LogP contribution < -0.4 is 0 Å². The van der Waals surface area contributed by atoms with Gasteiger partial charge in [0.25, 0.3) is 10.1 Å². The lowest BCUT2D eigenvalue weighted by molar-refractivity contribution is 0.482. The molecule has 0 aliphatic rings. The van der Waals surface area contributed by atoms with Gasteiger partial charge in [0.2, 0.25) is 9.84 Å². The highest BCUT2D eigenvalue weighted by molar-refractivity contribution is 7.91. The number of hydrogen-bond donors (Lipinski definition) is 1. The van der Waals surface area contributed by atoms with Gasteiger partial charge in [-0.05, 0) is 61.7 Å². The van der Waals surface area contributed by atoms with E-state index < -0.39 is 24.9 Å². The fourth-order valence-electron chi connectivity index (χ4n) is 2.04. The summed E-state index contributed by atoms with van der Waals surface area (Å²) in [6.07, 6.45) is 0. The standard InChI is InChI=1S/C15H16O5S2/c1-10-4-6-13(8-12(10)3)21(16,17)14-7-5-11(2)15(9-14)22(18,19)20/h4-9H,1-3H3,(H,18,19,20). The third-order valence-electron chi connectivity index (χ3n) is 3.54. The van der Waals surface area contributed by atoms with Gasteiger partial charge in [-0.25, -0.2) is 8.42 Å². The van der Waals surface area contributed by atoms with Gasteiger partial charge in [-0.3, -0.25) is 4.55 Å². The zero-order valence-electron chi connectivity index (χ0n) is 12.4. The maximum atomic E-state index is 12.6. The Morgan fingerprint density at radius 3 is 1.73 bits per heavy atom. The van der Waals surface area contributed by atoms with E-state index in [4.69, 9.17) is 0 Å². The molecule has 118 valence electrons. The molecule has 0 amide bonds. The average molecular weight is 340 g/mol. The second-order valence-corrected chi connectivity index (χ2v) is 8.49. The van der Waals surface area contributed by atoms with Crippen molar-refractivity contribution in [2.75, 3.05) is 0 Å². The molecule has 0 aliphatic heterocycles. The van der Waals surface area contributed by atoms with Crippen LogP contribution in [0.3, 0.4) is 0 Å². The van der Waals surface area contributed by atoms with Crippen LogP contribution in [0.5, 0.6) is 0 Å². The van der Waals surface area contributed by atoms with Crippen LogP contribution in [0.25, 0.3) is 0 Å². The van der Waals surface area contributed by atoms with Crippen LogP contribution in [0, 0.1) is 20.8 Å². The van der Waals surface area contributed by atoms with Gasteiger partial charge < -0.3 is 0 Å². The molecule has 22 heavy (non-hydrogen) atoms. The quantitative estimate of drug-likeness (QED) is 0.868. The Kier molecular flexibility index (Phi) is 4.16. The van der Waals surface area contributed by atoms with E-state index in [0.717, 1.165) is 17.2 Å². The van der Waals surface area contributed by atoms with Crippen LogP contribution in [0.1, 0.15) is 16.7 Å². The number of hydrogen-bond acceptors (Lipinski definition) is 4. The predicted octanol–water partition coefficient (Wildman–Crippen LogP) is 2.69. The van der Waals surface area contributed by atoms with E-state index in [1.807, 2.05) is 6.92 Å². The zero-order chi connectivity index (χ0) is 16.7. The molecule has 0 saturated carbocycles. The van der Waals surface area contributed by atoms with Crippen LogP contribution in [-0.2, 0) is 20.0 Å². The first-order valence-electron chi connectivity index (χ1n) is 6.44. The Morgan fingerprint density at radius 1 is 0.727 bits per heavy atom. The molecule has 0 heterocycles. The van der Waals surface area contributed by atoms with Gasteiger partial charge in [-0.1, -0.05) is 12.1 Å². The van der Waals surface area contributed by atoms with Crippen molar-refractivity contribution in [1.82, 2.24) is 0 Å². The summed E-state index contributed by atoms with van der Waals surface area (Å²) >= 11 is 0. The lowest BCUT2D eigenvalue weighted by atomic mass is 10.1. The smallest absolute Gasteiger partial charge is 0.282 e. The fourth-order valence-corrected chi connectivity index (χ4v) is 4.24. The summed E-state index contributed by atoms with van der Waals surface area (Å²) in [6.45, 7) is 5.15. The van der Waals surface area contributed by atoms with Gasteiger partial charge in [0.15, 0.2) is 0 Å². The van der Waals surface area contributed by atoms with Crippen molar-refractivity contribution in [3.63, 3.8) is 0 Å². The Labute approximate surface area is 130 Å². The summed E-state index contributed by atoms with van der Waals surface area (Å²) in [4.78, 5) is -0.493. The van der Waals surface area contributed by atoms with Crippen LogP contribution in [0.4, 0.5) is 0 Å². The fraction of sp³-hybridized carbons (Fsp3) is 0.200. The summed E-state index contributed by atoms with van der Waals surface area (Å²) in [5, 5.41) is 0. The van der Waals surface area contributed by atoms with Gasteiger partial charge in [0.1, 0.15) is 0 Å². The number of benzene rings is 2. The normalized spacial score (nSPS) is 12.4. The van der Waals surface area contributed by atoms with Crippen molar-refractivity contribution in [3.05, 3.63) is 53.1 Å². The van der Waals surface area contributed by atoms with Crippen LogP contribution in [0.2, 0.25) is 0 Å². The van der Waals surface area contributed by atoms with Crippen molar-refractivity contribution in [1.29, 1.82) is 0 Å². The zero-order valence-corrected chi connectivity index (χ0v) is 14.0. The lowest BCUT2D eigenvalue weighted by Crippen LogP contribution is -2.07. The number of sulfone groups is 1. The minimum absolute atomic E-state index is 0.0840. The van der Waals surface area contributed by atoms with E-state index in [1.165, 1.54) is 31.2 Å². The van der Waals surface area contributed by atoms with Gasteiger partial charge in [-0.2, -0.15) is 8.42 Å². The second kappa shape index (κ2) is 5.49. The van der Waals surface area contributed by atoms with Crippen molar-refractivity contribution < 1.29 is 21.4 Å². The topological polar surface area (TPSA) is 88.5 Å². The van der Waals surface area contributed by atoms with Gasteiger partial charge in [-0.15, -0.1) is 0 Å². The minimum Gasteiger partial charge on any atom is -0.282 e. The second-order valence-electron chi connectivity index (χ2n) is 5.15. The first-order chi connectivity index (χ1) is 10.0.